The fourth-order valence-corrected chi connectivity index (χ4v) is 2.77. The molecule has 0 aliphatic rings. The summed E-state index contributed by atoms with van der Waals surface area (Å²) in [6.07, 6.45) is 0.838. The Balaban J connectivity index is 2.59. The molecule has 0 fully saturated rings. The van der Waals surface area contributed by atoms with Crippen LogP contribution in [0, 0.1) is 6.92 Å². The maximum absolute atomic E-state index is 5.86. The molecule has 3 nitrogen and oxygen atoms in total. The fourth-order valence-electron chi connectivity index (χ4n) is 1.45. The first-order valence-electron chi connectivity index (χ1n) is 4.99. The van der Waals surface area contributed by atoms with E-state index in [1.54, 1.807) is 11.3 Å². The molecule has 0 unspecified atom stereocenters. The highest BCUT2D eigenvalue weighted by Gasteiger charge is 2.12. The molecule has 2 heterocycles. The third-order valence-corrected chi connectivity index (χ3v) is 4.22. The lowest BCUT2D eigenvalue weighted by Crippen LogP contribution is -2.01. The zero-order valence-corrected chi connectivity index (χ0v) is 11.5. The summed E-state index contributed by atoms with van der Waals surface area (Å²) in [6, 6.07) is 2.06. The van der Waals surface area contributed by atoms with E-state index in [1.165, 1.54) is 5.56 Å². The van der Waals surface area contributed by atoms with Crippen molar-refractivity contribution in [3.05, 3.63) is 27.2 Å². The highest BCUT2D eigenvalue weighted by Crippen LogP contribution is 2.30. The molecule has 0 aliphatic heterocycles. The lowest BCUT2D eigenvalue weighted by Gasteiger charge is -2.06. The lowest BCUT2D eigenvalue weighted by molar-refractivity contribution is 0.997. The molecule has 0 radical (unpaired) electrons. The predicted octanol–water partition coefficient (Wildman–Crippen LogP) is 3.42. The largest absolute Gasteiger partial charge is 0.383 e. The van der Waals surface area contributed by atoms with Gasteiger partial charge in [-0.05, 0) is 46.3 Å². The lowest BCUT2D eigenvalue weighted by atomic mass is 10.2. The Morgan fingerprint density at radius 1 is 1.44 bits per heavy atom. The van der Waals surface area contributed by atoms with E-state index in [2.05, 4.69) is 45.8 Å². The summed E-state index contributed by atoms with van der Waals surface area (Å²) in [4.78, 5) is 9.93. The standard InChI is InChI=1S/C11H12BrN3S/c1-3-7-8(12)10(13)15-11(14-7)9-6(2)4-5-16-9/h4-5H,3H2,1-2H3,(H2,13,14,15). The van der Waals surface area contributed by atoms with E-state index in [1.807, 2.05) is 5.38 Å². The summed E-state index contributed by atoms with van der Waals surface area (Å²) < 4.78 is 0.813. The number of rotatable bonds is 2. The van der Waals surface area contributed by atoms with Crippen molar-refractivity contribution in [2.45, 2.75) is 20.3 Å². The number of halogens is 1. The van der Waals surface area contributed by atoms with Crippen LogP contribution in [0.25, 0.3) is 10.7 Å². The Labute approximate surface area is 107 Å². The van der Waals surface area contributed by atoms with Crippen molar-refractivity contribution in [1.29, 1.82) is 0 Å². The van der Waals surface area contributed by atoms with Crippen LogP contribution in [0.1, 0.15) is 18.2 Å². The van der Waals surface area contributed by atoms with Gasteiger partial charge in [-0.2, -0.15) is 0 Å². The number of anilines is 1. The second-order valence-electron chi connectivity index (χ2n) is 3.48. The van der Waals surface area contributed by atoms with E-state index >= 15 is 0 Å². The van der Waals surface area contributed by atoms with E-state index in [0.29, 0.717) is 5.82 Å². The Hall–Kier alpha value is -0.940. The summed E-state index contributed by atoms with van der Waals surface area (Å²) >= 11 is 5.05. The number of hydrogen-bond donors (Lipinski definition) is 1. The van der Waals surface area contributed by atoms with Gasteiger partial charge in [-0.15, -0.1) is 11.3 Å². The van der Waals surface area contributed by atoms with Gasteiger partial charge in [0.25, 0.3) is 0 Å². The first kappa shape index (κ1) is 11.5. The minimum absolute atomic E-state index is 0.509. The number of thiophene rings is 1. The van der Waals surface area contributed by atoms with E-state index in [0.717, 1.165) is 27.3 Å². The average Bonchev–Trinajstić information content (AvgIpc) is 2.68. The molecule has 0 bridgehead atoms. The van der Waals surface area contributed by atoms with Crippen molar-refractivity contribution >= 4 is 33.1 Å². The van der Waals surface area contributed by atoms with Gasteiger partial charge in [0.1, 0.15) is 5.82 Å². The summed E-state index contributed by atoms with van der Waals surface area (Å²) in [5.74, 6) is 1.24. The Morgan fingerprint density at radius 3 is 2.75 bits per heavy atom. The molecule has 2 N–H and O–H groups in total. The summed E-state index contributed by atoms with van der Waals surface area (Å²) in [7, 11) is 0. The molecular weight excluding hydrogens is 286 g/mol. The highest BCUT2D eigenvalue weighted by atomic mass is 79.9. The van der Waals surface area contributed by atoms with E-state index in [9.17, 15) is 0 Å². The highest BCUT2D eigenvalue weighted by molar-refractivity contribution is 9.10. The maximum atomic E-state index is 5.86. The molecule has 0 saturated heterocycles. The SMILES string of the molecule is CCc1nc(-c2sccc2C)nc(N)c1Br. The minimum Gasteiger partial charge on any atom is -0.383 e. The first-order valence-corrected chi connectivity index (χ1v) is 6.67. The van der Waals surface area contributed by atoms with Gasteiger partial charge < -0.3 is 5.73 Å². The van der Waals surface area contributed by atoms with Gasteiger partial charge >= 0.3 is 0 Å². The van der Waals surface area contributed by atoms with Crippen LogP contribution < -0.4 is 5.73 Å². The molecule has 2 aromatic heterocycles. The van der Waals surface area contributed by atoms with Crippen molar-refractivity contribution in [2.24, 2.45) is 0 Å². The predicted molar refractivity (Wildman–Crippen MR) is 71.6 cm³/mol. The minimum atomic E-state index is 0.509. The molecule has 5 heteroatoms. The normalized spacial score (nSPS) is 10.7. The molecule has 0 atom stereocenters. The summed E-state index contributed by atoms with van der Waals surface area (Å²) in [6.45, 7) is 4.11. The van der Waals surface area contributed by atoms with Crippen molar-refractivity contribution in [3.63, 3.8) is 0 Å². The molecule has 2 aromatic rings. The first-order chi connectivity index (χ1) is 7.63. The smallest absolute Gasteiger partial charge is 0.172 e. The van der Waals surface area contributed by atoms with E-state index in [4.69, 9.17) is 5.73 Å². The number of nitrogen functional groups attached to an aromatic ring is 1. The number of aryl methyl sites for hydroxylation is 2. The van der Waals surface area contributed by atoms with Gasteiger partial charge in [0, 0.05) is 0 Å². The van der Waals surface area contributed by atoms with Crippen LogP contribution in [0.2, 0.25) is 0 Å². The van der Waals surface area contributed by atoms with Crippen LogP contribution in [-0.4, -0.2) is 9.97 Å². The molecule has 0 aliphatic carbocycles. The van der Waals surface area contributed by atoms with Crippen LogP contribution in [0.5, 0.6) is 0 Å². The van der Waals surface area contributed by atoms with Crippen LogP contribution in [0.15, 0.2) is 15.9 Å². The molecular formula is C11H12BrN3S. The Bertz CT molecular complexity index is 522. The molecule has 0 amide bonds. The molecule has 0 saturated carbocycles. The molecule has 0 aromatic carbocycles. The van der Waals surface area contributed by atoms with Crippen LogP contribution in [0.4, 0.5) is 5.82 Å². The monoisotopic (exact) mass is 297 g/mol. The second-order valence-corrected chi connectivity index (χ2v) is 5.19. The fraction of sp³-hybridized carbons (Fsp3) is 0.273. The Kier molecular flexibility index (Phi) is 3.25. The van der Waals surface area contributed by atoms with Gasteiger partial charge in [-0.3, -0.25) is 0 Å². The van der Waals surface area contributed by atoms with Gasteiger partial charge in [-0.25, -0.2) is 9.97 Å². The van der Waals surface area contributed by atoms with Gasteiger partial charge in [-0.1, -0.05) is 6.92 Å². The third kappa shape index (κ3) is 1.97. The third-order valence-electron chi connectivity index (χ3n) is 2.35. The van der Waals surface area contributed by atoms with Crippen LogP contribution in [0.3, 0.4) is 0 Å². The van der Waals surface area contributed by atoms with Crippen molar-refractivity contribution in [3.8, 4) is 10.7 Å². The van der Waals surface area contributed by atoms with Crippen molar-refractivity contribution < 1.29 is 0 Å². The van der Waals surface area contributed by atoms with Crippen molar-refractivity contribution in [2.75, 3.05) is 5.73 Å². The summed E-state index contributed by atoms with van der Waals surface area (Å²) in [5.41, 5.74) is 8.00. The topological polar surface area (TPSA) is 51.8 Å². The molecule has 2 rings (SSSR count). The van der Waals surface area contributed by atoms with E-state index < -0.39 is 0 Å². The Morgan fingerprint density at radius 2 is 2.19 bits per heavy atom. The second kappa shape index (κ2) is 4.51. The zero-order valence-electron chi connectivity index (χ0n) is 9.12. The number of nitrogens with zero attached hydrogens (tertiary/aromatic N) is 2. The van der Waals surface area contributed by atoms with Gasteiger partial charge in [0.15, 0.2) is 5.82 Å². The molecule has 0 spiro atoms. The van der Waals surface area contributed by atoms with E-state index in [-0.39, 0.29) is 0 Å². The number of hydrogen-bond acceptors (Lipinski definition) is 4. The maximum Gasteiger partial charge on any atom is 0.172 e. The molecule has 84 valence electrons. The van der Waals surface area contributed by atoms with Crippen molar-refractivity contribution in [1.82, 2.24) is 9.97 Å². The zero-order chi connectivity index (χ0) is 11.7. The summed E-state index contributed by atoms with van der Waals surface area (Å²) in [5, 5.41) is 2.04. The van der Waals surface area contributed by atoms with Gasteiger partial charge in [0.05, 0.1) is 15.0 Å². The molecule has 16 heavy (non-hydrogen) atoms. The van der Waals surface area contributed by atoms with Crippen LogP contribution in [-0.2, 0) is 6.42 Å². The average molecular weight is 298 g/mol. The number of aromatic nitrogens is 2. The quantitative estimate of drug-likeness (QED) is 0.924. The van der Waals surface area contributed by atoms with Gasteiger partial charge in [0.2, 0.25) is 0 Å². The van der Waals surface area contributed by atoms with Crippen LogP contribution >= 0.6 is 27.3 Å². The number of nitrogens with two attached hydrogens (primary N) is 1.